The number of nitriles is 1. The molecule has 0 radical (unpaired) electrons. The van der Waals surface area contributed by atoms with E-state index in [1.165, 1.54) is 27.8 Å². The summed E-state index contributed by atoms with van der Waals surface area (Å²) < 4.78 is 27.2. The summed E-state index contributed by atoms with van der Waals surface area (Å²) in [6.07, 6.45) is 1.58. The Bertz CT molecular complexity index is 1170. The standard InChI is InChI=1S/C19H16N4O3S3/c20-12-14-4-1-2-6-17(14)29(25,26)23-9-7-22(8-10-23)19(24)16-13-21-18(28-16)15-5-3-11-27-15/h1-6,11,13H,7-10H2. The average molecular weight is 445 g/mol. The van der Waals surface area contributed by atoms with Gasteiger partial charge in [-0.2, -0.15) is 9.57 Å². The minimum absolute atomic E-state index is 0.00493. The third-order valence-corrected chi connectivity index (χ3v) is 8.58. The summed E-state index contributed by atoms with van der Waals surface area (Å²) in [6, 6.07) is 12.0. The van der Waals surface area contributed by atoms with Gasteiger partial charge in [0.2, 0.25) is 10.0 Å². The lowest BCUT2D eigenvalue weighted by atomic mass is 10.2. The minimum atomic E-state index is -3.78. The third-order valence-electron chi connectivity index (χ3n) is 4.60. The van der Waals surface area contributed by atoms with Gasteiger partial charge in [0.15, 0.2) is 0 Å². The quantitative estimate of drug-likeness (QED) is 0.617. The van der Waals surface area contributed by atoms with Gasteiger partial charge in [0, 0.05) is 26.2 Å². The molecule has 0 atom stereocenters. The molecule has 1 fully saturated rings. The largest absolute Gasteiger partial charge is 0.335 e. The van der Waals surface area contributed by atoms with Gasteiger partial charge in [0.1, 0.15) is 16.0 Å². The highest BCUT2D eigenvalue weighted by Gasteiger charge is 2.32. The van der Waals surface area contributed by atoms with Crippen LogP contribution in [0.3, 0.4) is 0 Å². The average Bonchev–Trinajstić information content (AvgIpc) is 3.45. The molecule has 29 heavy (non-hydrogen) atoms. The molecule has 0 bridgehead atoms. The van der Waals surface area contributed by atoms with Crippen LogP contribution in [0.1, 0.15) is 15.2 Å². The molecule has 148 valence electrons. The molecule has 7 nitrogen and oxygen atoms in total. The van der Waals surface area contributed by atoms with Gasteiger partial charge in [-0.3, -0.25) is 4.79 Å². The zero-order valence-corrected chi connectivity index (χ0v) is 17.6. The van der Waals surface area contributed by atoms with Crippen LogP contribution in [0.15, 0.2) is 52.9 Å². The van der Waals surface area contributed by atoms with Gasteiger partial charge in [-0.25, -0.2) is 13.4 Å². The number of nitrogens with zero attached hydrogens (tertiary/aromatic N) is 4. The molecule has 1 amide bonds. The number of piperazine rings is 1. The van der Waals surface area contributed by atoms with E-state index in [4.69, 9.17) is 0 Å². The smallest absolute Gasteiger partial charge is 0.265 e. The number of hydrogen-bond donors (Lipinski definition) is 0. The van der Waals surface area contributed by atoms with E-state index in [-0.39, 0.29) is 29.5 Å². The number of thiophene rings is 1. The summed E-state index contributed by atoms with van der Waals surface area (Å²) in [5, 5.41) is 12.0. The third kappa shape index (κ3) is 3.82. The van der Waals surface area contributed by atoms with Crippen LogP contribution in [-0.2, 0) is 10.0 Å². The van der Waals surface area contributed by atoms with Crippen LogP contribution in [0.5, 0.6) is 0 Å². The summed E-state index contributed by atoms with van der Waals surface area (Å²) in [5.41, 5.74) is 0.122. The SMILES string of the molecule is N#Cc1ccccc1S(=O)(=O)N1CCN(C(=O)c2cnc(-c3cccs3)s2)CC1. The van der Waals surface area contributed by atoms with Crippen LogP contribution >= 0.6 is 22.7 Å². The zero-order chi connectivity index (χ0) is 20.4. The molecule has 0 spiro atoms. The fraction of sp³-hybridized carbons (Fsp3) is 0.211. The zero-order valence-electron chi connectivity index (χ0n) is 15.2. The molecule has 2 aromatic heterocycles. The molecule has 0 aliphatic carbocycles. The Balaban J connectivity index is 1.45. The van der Waals surface area contributed by atoms with Crippen LogP contribution in [0, 0.1) is 11.3 Å². The highest BCUT2D eigenvalue weighted by atomic mass is 32.2. The lowest BCUT2D eigenvalue weighted by Crippen LogP contribution is -2.50. The monoisotopic (exact) mass is 444 g/mol. The number of thiazole rings is 1. The number of aromatic nitrogens is 1. The van der Waals surface area contributed by atoms with Crippen molar-refractivity contribution in [3.8, 4) is 16.0 Å². The first-order valence-electron chi connectivity index (χ1n) is 8.79. The Labute approximate surface area is 176 Å². The molecule has 0 saturated carbocycles. The first-order chi connectivity index (χ1) is 14.0. The Morgan fingerprint density at radius 3 is 2.55 bits per heavy atom. The molecule has 4 rings (SSSR count). The predicted molar refractivity (Wildman–Crippen MR) is 111 cm³/mol. The van der Waals surface area contributed by atoms with E-state index >= 15 is 0 Å². The number of sulfonamides is 1. The van der Waals surface area contributed by atoms with Gasteiger partial charge in [-0.05, 0) is 23.6 Å². The molecule has 0 N–H and O–H groups in total. The van der Waals surface area contributed by atoms with E-state index in [0.717, 1.165) is 9.88 Å². The van der Waals surface area contributed by atoms with Crippen LogP contribution in [0.2, 0.25) is 0 Å². The highest BCUT2D eigenvalue weighted by molar-refractivity contribution is 7.89. The van der Waals surface area contributed by atoms with Crippen molar-refractivity contribution in [2.45, 2.75) is 4.90 Å². The van der Waals surface area contributed by atoms with E-state index < -0.39 is 10.0 Å². The van der Waals surface area contributed by atoms with Crippen LogP contribution in [0.4, 0.5) is 0 Å². The van der Waals surface area contributed by atoms with Crippen molar-refractivity contribution in [3.63, 3.8) is 0 Å². The maximum absolute atomic E-state index is 12.9. The maximum Gasteiger partial charge on any atom is 0.265 e. The summed E-state index contributed by atoms with van der Waals surface area (Å²) in [5.74, 6) is -0.139. The lowest BCUT2D eigenvalue weighted by molar-refractivity contribution is 0.0702. The first kappa shape index (κ1) is 19.7. The fourth-order valence-corrected chi connectivity index (χ4v) is 6.35. The Morgan fingerprint density at radius 2 is 1.86 bits per heavy atom. The van der Waals surface area contributed by atoms with Gasteiger partial charge in [0.05, 0.1) is 21.5 Å². The molecule has 1 saturated heterocycles. The van der Waals surface area contributed by atoms with E-state index in [9.17, 15) is 18.5 Å². The van der Waals surface area contributed by atoms with Gasteiger partial charge >= 0.3 is 0 Å². The molecule has 1 aliphatic rings. The molecule has 1 aromatic carbocycles. The van der Waals surface area contributed by atoms with Crippen molar-refractivity contribution in [2.75, 3.05) is 26.2 Å². The van der Waals surface area contributed by atoms with E-state index in [1.54, 1.807) is 34.6 Å². The minimum Gasteiger partial charge on any atom is -0.335 e. The predicted octanol–water partition coefficient (Wildman–Crippen LogP) is 2.89. The van der Waals surface area contributed by atoms with Gasteiger partial charge in [-0.1, -0.05) is 18.2 Å². The van der Waals surface area contributed by atoms with Crippen LogP contribution < -0.4 is 0 Å². The van der Waals surface area contributed by atoms with Gasteiger partial charge < -0.3 is 4.90 Å². The number of carbonyl (C=O) groups is 1. The molecule has 0 unspecified atom stereocenters. The lowest BCUT2D eigenvalue weighted by Gasteiger charge is -2.33. The topological polar surface area (TPSA) is 94.4 Å². The normalized spacial score (nSPS) is 15.2. The summed E-state index contributed by atoms with van der Waals surface area (Å²) >= 11 is 2.91. The fourth-order valence-electron chi connectivity index (χ4n) is 3.10. The second-order valence-electron chi connectivity index (χ2n) is 6.31. The second kappa shape index (κ2) is 8.04. The summed E-state index contributed by atoms with van der Waals surface area (Å²) in [7, 11) is -3.78. The van der Waals surface area contributed by atoms with Crippen LogP contribution in [0.25, 0.3) is 9.88 Å². The molecular weight excluding hydrogens is 428 g/mol. The summed E-state index contributed by atoms with van der Waals surface area (Å²) in [6.45, 7) is 0.951. The van der Waals surface area contributed by atoms with Crippen molar-refractivity contribution in [1.29, 1.82) is 5.26 Å². The Kier molecular flexibility index (Phi) is 5.47. The number of rotatable bonds is 4. The van der Waals surface area contributed by atoms with Crippen LogP contribution in [-0.4, -0.2) is 54.7 Å². The summed E-state index contributed by atoms with van der Waals surface area (Å²) in [4.78, 5) is 20.3. The Morgan fingerprint density at radius 1 is 1.10 bits per heavy atom. The van der Waals surface area contributed by atoms with E-state index in [1.807, 2.05) is 23.6 Å². The first-order valence-corrected chi connectivity index (χ1v) is 11.9. The van der Waals surface area contributed by atoms with E-state index in [2.05, 4.69) is 4.98 Å². The number of hydrogen-bond acceptors (Lipinski definition) is 7. The number of amides is 1. The number of benzene rings is 1. The van der Waals surface area contributed by atoms with Crippen molar-refractivity contribution >= 4 is 38.6 Å². The number of carbonyl (C=O) groups excluding carboxylic acids is 1. The molecule has 3 heterocycles. The van der Waals surface area contributed by atoms with E-state index in [0.29, 0.717) is 18.0 Å². The Hall–Kier alpha value is -2.58. The van der Waals surface area contributed by atoms with Gasteiger partial charge in [-0.15, -0.1) is 22.7 Å². The van der Waals surface area contributed by atoms with Crippen molar-refractivity contribution in [1.82, 2.24) is 14.2 Å². The molecular formula is C19H16N4O3S3. The maximum atomic E-state index is 12.9. The van der Waals surface area contributed by atoms with Crippen molar-refractivity contribution in [3.05, 3.63) is 58.4 Å². The second-order valence-corrected chi connectivity index (χ2v) is 10.2. The molecule has 3 aromatic rings. The van der Waals surface area contributed by atoms with Crippen molar-refractivity contribution < 1.29 is 13.2 Å². The highest BCUT2D eigenvalue weighted by Crippen LogP contribution is 2.30. The van der Waals surface area contributed by atoms with Crippen molar-refractivity contribution in [2.24, 2.45) is 0 Å². The molecule has 10 heteroatoms. The van der Waals surface area contributed by atoms with Gasteiger partial charge in [0.25, 0.3) is 5.91 Å². The molecule has 1 aliphatic heterocycles.